The van der Waals surface area contributed by atoms with E-state index in [4.69, 9.17) is 4.74 Å². The first-order valence-corrected chi connectivity index (χ1v) is 6.53. The largest absolute Gasteiger partial charge is 0.484 e. The Labute approximate surface area is 114 Å². The van der Waals surface area contributed by atoms with Gasteiger partial charge in [0.1, 0.15) is 5.69 Å². The molecule has 0 aliphatic heterocycles. The fourth-order valence-electron chi connectivity index (χ4n) is 1.59. The summed E-state index contributed by atoms with van der Waals surface area (Å²) in [6.45, 7) is 9.83. The van der Waals surface area contributed by atoms with E-state index in [1.165, 1.54) is 0 Å². The fourth-order valence-corrected chi connectivity index (χ4v) is 1.59. The maximum atomic E-state index is 11.3. The third-order valence-corrected chi connectivity index (χ3v) is 2.93. The molecule has 0 saturated heterocycles. The average molecular weight is 266 g/mol. The normalized spacial score (nSPS) is 12.6. The monoisotopic (exact) mass is 266 g/mol. The highest BCUT2D eigenvalue weighted by molar-refractivity contribution is 5.68. The topological polar surface area (TPSA) is 64.4 Å². The Kier molecular flexibility index (Phi) is 5.15. The SMILES string of the molecule is CC(C)Oc1cccc(NC(C)C(C)C)c1[N+](=O)[O-]. The fraction of sp³-hybridized carbons (Fsp3) is 0.571. The van der Waals surface area contributed by atoms with Crippen LogP contribution in [0.1, 0.15) is 34.6 Å². The van der Waals surface area contributed by atoms with Gasteiger partial charge in [-0.3, -0.25) is 10.1 Å². The van der Waals surface area contributed by atoms with Gasteiger partial charge in [-0.25, -0.2) is 0 Å². The molecule has 0 aromatic heterocycles. The Morgan fingerprint density at radius 3 is 2.32 bits per heavy atom. The average Bonchev–Trinajstić information content (AvgIpc) is 2.27. The van der Waals surface area contributed by atoms with Crippen molar-refractivity contribution in [3.8, 4) is 5.75 Å². The van der Waals surface area contributed by atoms with Gasteiger partial charge < -0.3 is 10.1 Å². The Morgan fingerprint density at radius 2 is 1.84 bits per heavy atom. The van der Waals surface area contributed by atoms with Crippen molar-refractivity contribution >= 4 is 11.4 Å². The minimum absolute atomic E-state index is 0.00343. The molecule has 1 N–H and O–H groups in total. The van der Waals surface area contributed by atoms with Crippen LogP contribution in [0.2, 0.25) is 0 Å². The van der Waals surface area contributed by atoms with Gasteiger partial charge in [-0.2, -0.15) is 0 Å². The van der Waals surface area contributed by atoms with E-state index in [0.29, 0.717) is 17.4 Å². The number of para-hydroxylation sites is 1. The Bertz CT molecular complexity index is 444. The molecule has 1 atom stereocenters. The van der Waals surface area contributed by atoms with Gasteiger partial charge in [0.05, 0.1) is 11.0 Å². The lowest BCUT2D eigenvalue weighted by Gasteiger charge is -2.19. The van der Waals surface area contributed by atoms with Gasteiger partial charge in [0, 0.05) is 6.04 Å². The molecule has 1 rings (SSSR count). The molecule has 1 aromatic carbocycles. The lowest BCUT2D eigenvalue weighted by molar-refractivity contribution is -0.385. The molecule has 1 aromatic rings. The van der Waals surface area contributed by atoms with E-state index >= 15 is 0 Å². The highest BCUT2D eigenvalue weighted by Crippen LogP contribution is 2.36. The highest BCUT2D eigenvalue weighted by atomic mass is 16.6. The molecule has 0 spiro atoms. The number of nitro benzene ring substituents is 1. The lowest BCUT2D eigenvalue weighted by Crippen LogP contribution is -2.22. The molecule has 0 saturated carbocycles. The smallest absolute Gasteiger partial charge is 0.333 e. The van der Waals surface area contributed by atoms with Gasteiger partial charge in [-0.15, -0.1) is 0 Å². The van der Waals surface area contributed by atoms with Gasteiger partial charge in [0.2, 0.25) is 0 Å². The zero-order valence-electron chi connectivity index (χ0n) is 12.1. The molecule has 5 heteroatoms. The van der Waals surface area contributed by atoms with Gasteiger partial charge in [-0.05, 0) is 38.8 Å². The second kappa shape index (κ2) is 6.41. The van der Waals surface area contributed by atoms with Crippen molar-refractivity contribution in [2.45, 2.75) is 46.8 Å². The van der Waals surface area contributed by atoms with E-state index in [1.54, 1.807) is 18.2 Å². The first kappa shape index (κ1) is 15.3. The summed E-state index contributed by atoms with van der Waals surface area (Å²) in [4.78, 5) is 10.9. The van der Waals surface area contributed by atoms with Crippen molar-refractivity contribution in [1.29, 1.82) is 0 Å². The number of nitrogens with zero attached hydrogens (tertiary/aromatic N) is 1. The van der Waals surface area contributed by atoms with Gasteiger partial charge in [-0.1, -0.05) is 19.9 Å². The summed E-state index contributed by atoms with van der Waals surface area (Å²) < 4.78 is 5.51. The standard InChI is InChI=1S/C14H22N2O3/c1-9(2)11(5)15-12-7-6-8-13(19-10(3)4)14(12)16(17)18/h6-11,15H,1-5H3. The molecule has 1 unspecified atom stereocenters. The van der Waals surface area contributed by atoms with Crippen LogP contribution in [0.3, 0.4) is 0 Å². The number of ether oxygens (including phenoxy) is 1. The van der Waals surface area contributed by atoms with Crippen molar-refractivity contribution < 1.29 is 9.66 Å². The van der Waals surface area contributed by atoms with Crippen molar-refractivity contribution in [3.05, 3.63) is 28.3 Å². The van der Waals surface area contributed by atoms with Crippen molar-refractivity contribution in [1.82, 2.24) is 0 Å². The zero-order chi connectivity index (χ0) is 14.6. The predicted molar refractivity (Wildman–Crippen MR) is 76.8 cm³/mol. The van der Waals surface area contributed by atoms with Gasteiger partial charge >= 0.3 is 5.69 Å². The van der Waals surface area contributed by atoms with Gasteiger partial charge in [0.25, 0.3) is 0 Å². The van der Waals surface area contributed by atoms with Crippen LogP contribution in [-0.2, 0) is 0 Å². The Hall–Kier alpha value is -1.78. The lowest BCUT2D eigenvalue weighted by atomic mass is 10.1. The van der Waals surface area contributed by atoms with E-state index < -0.39 is 4.92 Å². The predicted octanol–water partition coefficient (Wildman–Crippen LogP) is 3.84. The molecule has 0 radical (unpaired) electrons. The van der Waals surface area contributed by atoms with Crippen molar-refractivity contribution in [3.63, 3.8) is 0 Å². The molecule has 0 fully saturated rings. The van der Waals surface area contributed by atoms with Crippen LogP contribution in [0.15, 0.2) is 18.2 Å². The van der Waals surface area contributed by atoms with Gasteiger partial charge in [0.15, 0.2) is 5.75 Å². The molecule has 19 heavy (non-hydrogen) atoms. The third-order valence-electron chi connectivity index (χ3n) is 2.93. The van der Waals surface area contributed by atoms with Crippen LogP contribution >= 0.6 is 0 Å². The summed E-state index contributed by atoms with van der Waals surface area (Å²) in [7, 11) is 0. The van der Waals surface area contributed by atoms with Crippen LogP contribution in [0.4, 0.5) is 11.4 Å². The summed E-state index contributed by atoms with van der Waals surface area (Å²) in [6.07, 6.45) is -0.100. The highest BCUT2D eigenvalue weighted by Gasteiger charge is 2.23. The second-order valence-electron chi connectivity index (χ2n) is 5.25. The summed E-state index contributed by atoms with van der Waals surface area (Å²) in [5, 5.41) is 14.4. The van der Waals surface area contributed by atoms with E-state index in [9.17, 15) is 10.1 Å². The number of benzene rings is 1. The minimum atomic E-state index is -0.396. The maximum Gasteiger partial charge on any atom is 0.333 e. The van der Waals surface area contributed by atoms with Crippen molar-refractivity contribution in [2.24, 2.45) is 5.92 Å². The molecule has 106 valence electrons. The van der Waals surface area contributed by atoms with Crippen LogP contribution in [0.5, 0.6) is 5.75 Å². The molecule has 0 aliphatic rings. The number of hydrogen-bond acceptors (Lipinski definition) is 4. The quantitative estimate of drug-likeness (QED) is 0.627. The number of anilines is 1. The van der Waals surface area contributed by atoms with E-state index in [1.807, 2.05) is 20.8 Å². The Morgan fingerprint density at radius 1 is 1.21 bits per heavy atom. The molecule has 0 bridgehead atoms. The molecular formula is C14H22N2O3. The molecule has 0 amide bonds. The van der Waals surface area contributed by atoms with Crippen LogP contribution < -0.4 is 10.1 Å². The van der Waals surface area contributed by atoms with E-state index in [0.717, 1.165) is 0 Å². The van der Waals surface area contributed by atoms with Crippen LogP contribution in [0, 0.1) is 16.0 Å². The molecular weight excluding hydrogens is 244 g/mol. The molecule has 0 heterocycles. The Balaban J connectivity index is 3.13. The van der Waals surface area contributed by atoms with Crippen molar-refractivity contribution in [2.75, 3.05) is 5.32 Å². The van der Waals surface area contributed by atoms with Crippen LogP contribution in [-0.4, -0.2) is 17.1 Å². The number of rotatable bonds is 6. The summed E-state index contributed by atoms with van der Waals surface area (Å²) >= 11 is 0. The number of nitrogens with one attached hydrogen (secondary N) is 1. The van der Waals surface area contributed by atoms with E-state index in [-0.39, 0.29) is 17.8 Å². The minimum Gasteiger partial charge on any atom is -0.484 e. The number of hydrogen-bond donors (Lipinski definition) is 1. The first-order chi connectivity index (χ1) is 8.82. The van der Waals surface area contributed by atoms with Crippen LogP contribution in [0.25, 0.3) is 0 Å². The zero-order valence-corrected chi connectivity index (χ0v) is 12.1. The molecule has 5 nitrogen and oxygen atoms in total. The third kappa shape index (κ3) is 4.12. The first-order valence-electron chi connectivity index (χ1n) is 6.53. The summed E-state index contributed by atoms with van der Waals surface area (Å²) in [5.74, 6) is 0.690. The summed E-state index contributed by atoms with van der Waals surface area (Å²) in [5.41, 5.74) is 0.507. The number of nitro groups is 1. The summed E-state index contributed by atoms with van der Waals surface area (Å²) in [6, 6.07) is 5.25. The second-order valence-corrected chi connectivity index (χ2v) is 5.25. The maximum absolute atomic E-state index is 11.3. The molecule has 0 aliphatic carbocycles. The van der Waals surface area contributed by atoms with E-state index in [2.05, 4.69) is 19.2 Å².